The predicted octanol–water partition coefficient (Wildman–Crippen LogP) is 6.41. The summed E-state index contributed by atoms with van der Waals surface area (Å²) in [4.78, 5) is 15.5. The van der Waals surface area contributed by atoms with Crippen molar-refractivity contribution >= 4 is 16.8 Å². The Labute approximate surface area is 246 Å². The molecule has 0 saturated heterocycles. The SMILES string of the molecule is Cc1noc(C)c1-c1ccc2c(c1)Cc1cccc(c1)CN(C(=O)CCc1cn(C)c3ccccc13)CCOCCO2. The van der Waals surface area contributed by atoms with Crippen molar-refractivity contribution in [2.75, 3.05) is 26.4 Å². The van der Waals surface area contributed by atoms with Gasteiger partial charge in [-0.1, -0.05) is 53.7 Å². The Kier molecular flexibility index (Phi) is 8.11. The molecule has 0 spiro atoms. The summed E-state index contributed by atoms with van der Waals surface area (Å²) >= 11 is 0. The van der Waals surface area contributed by atoms with E-state index in [0.29, 0.717) is 52.2 Å². The minimum atomic E-state index is 0.134. The van der Waals surface area contributed by atoms with Crippen LogP contribution in [0.5, 0.6) is 5.75 Å². The number of nitrogens with zero attached hydrogens (tertiary/aromatic N) is 3. The Morgan fingerprint density at radius 3 is 2.67 bits per heavy atom. The second-order valence-electron chi connectivity index (χ2n) is 11.1. The molecule has 0 saturated carbocycles. The lowest BCUT2D eigenvalue weighted by molar-refractivity contribution is -0.132. The first kappa shape index (κ1) is 27.8. The van der Waals surface area contributed by atoms with E-state index in [2.05, 4.69) is 77.6 Å². The lowest BCUT2D eigenvalue weighted by atomic mass is 9.96. The van der Waals surface area contributed by atoms with E-state index < -0.39 is 0 Å². The van der Waals surface area contributed by atoms with E-state index in [9.17, 15) is 4.79 Å². The molecule has 2 aromatic heterocycles. The highest BCUT2D eigenvalue weighted by molar-refractivity contribution is 5.85. The van der Waals surface area contributed by atoms with Crippen molar-refractivity contribution in [1.29, 1.82) is 0 Å². The van der Waals surface area contributed by atoms with Crippen molar-refractivity contribution in [3.8, 4) is 16.9 Å². The molecule has 0 radical (unpaired) electrons. The number of benzene rings is 3. The molecule has 0 aliphatic carbocycles. The van der Waals surface area contributed by atoms with Gasteiger partial charge in [0.2, 0.25) is 5.91 Å². The molecule has 216 valence electrons. The number of carbonyl (C=O) groups is 1. The van der Waals surface area contributed by atoms with Gasteiger partial charge in [0.25, 0.3) is 0 Å². The summed E-state index contributed by atoms with van der Waals surface area (Å²) < 4.78 is 19.7. The molecular weight excluding hydrogens is 526 g/mol. The maximum Gasteiger partial charge on any atom is 0.223 e. The summed E-state index contributed by atoms with van der Waals surface area (Å²) in [5.74, 6) is 1.78. The summed E-state index contributed by atoms with van der Waals surface area (Å²) in [5.41, 5.74) is 8.70. The zero-order valence-corrected chi connectivity index (χ0v) is 24.6. The van der Waals surface area contributed by atoms with Crippen LogP contribution in [0.2, 0.25) is 0 Å². The van der Waals surface area contributed by atoms with Gasteiger partial charge in [-0.2, -0.15) is 0 Å². The first-order valence-corrected chi connectivity index (χ1v) is 14.6. The molecule has 6 rings (SSSR count). The molecule has 42 heavy (non-hydrogen) atoms. The smallest absolute Gasteiger partial charge is 0.223 e. The molecule has 2 bridgehead atoms. The number of fused-ring (bicyclic) bond motifs is 4. The molecule has 0 unspecified atom stereocenters. The van der Waals surface area contributed by atoms with Gasteiger partial charge in [-0.25, -0.2) is 0 Å². The van der Waals surface area contributed by atoms with Gasteiger partial charge in [0.05, 0.1) is 18.9 Å². The van der Waals surface area contributed by atoms with Crippen molar-refractivity contribution in [3.63, 3.8) is 0 Å². The highest BCUT2D eigenvalue weighted by atomic mass is 16.5. The van der Waals surface area contributed by atoms with Crippen molar-refractivity contribution in [2.45, 2.75) is 39.7 Å². The number of amides is 1. The Bertz CT molecular complexity index is 1700. The fraction of sp³-hybridized carbons (Fsp3) is 0.314. The van der Waals surface area contributed by atoms with Crippen LogP contribution in [-0.2, 0) is 36.0 Å². The summed E-state index contributed by atoms with van der Waals surface area (Å²) in [7, 11) is 2.05. The van der Waals surface area contributed by atoms with Crippen LogP contribution in [0, 0.1) is 13.8 Å². The summed E-state index contributed by atoms with van der Waals surface area (Å²) in [5, 5.41) is 5.35. The van der Waals surface area contributed by atoms with Gasteiger partial charge in [-0.05, 0) is 66.3 Å². The van der Waals surface area contributed by atoms with E-state index in [1.54, 1.807) is 0 Å². The Balaban J connectivity index is 1.23. The first-order valence-electron chi connectivity index (χ1n) is 14.6. The number of aromatic nitrogens is 2. The van der Waals surface area contributed by atoms with Crippen LogP contribution in [0.3, 0.4) is 0 Å². The Morgan fingerprint density at radius 2 is 1.81 bits per heavy atom. The molecule has 1 aliphatic heterocycles. The maximum atomic E-state index is 13.5. The molecular formula is C35H37N3O4. The zero-order valence-electron chi connectivity index (χ0n) is 24.6. The molecule has 0 N–H and O–H groups in total. The quantitative estimate of drug-likeness (QED) is 0.253. The van der Waals surface area contributed by atoms with E-state index in [1.807, 2.05) is 30.9 Å². The third kappa shape index (κ3) is 5.97. The summed E-state index contributed by atoms with van der Waals surface area (Å²) in [6.07, 6.45) is 4.00. The minimum Gasteiger partial charge on any atom is -0.491 e. The Morgan fingerprint density at radius 1 is 0.952 bits per heavy atom. The highest BCUT2D eigenvalue weighted by Crippen LogP contribution is 2.32. The van der Waals surface area contributed by atoms with Crippen LogP contribution in [-0.4, -0.2) is 46.9 Å². The second-order valence-corrected chi connectivity index (χ2v) is 11.1. The molecule has 3 heterocycles. The van der Waals surface area contributed by atoms with Gasteiger partial charge in [-0.3, -0.25) is 4.79 Å². The third-order valence-corrected chi connectivity index (χ3v) is 8.07. The Hall–Kier alpha value is -4.36. The highest BCUT2D eigenvalue weighted by Gasteiger charge is 2.18. The first-order chi connectivity index (χ1) is 20.5. The van der Waals surface area contributed by atoms with Crippen molar-refractivity contribution in [1.82, 2.24) is 14.6 Å². The van der Waals surface area contributed by atoms with Crippen LogP contribution in [0.1, 0.15) is 40.1 Å². The molecule has 0 atom stereocenters. The van der Waals surface area contributed by atoms with E-state index >= 15 is 0 Å². The van der Waals surface area contributed by atoms with Crippen molar-refractivity contribution in [3.05, 3.63) is 107 Å². The number of ether oxygens (including phenoxy) is 2. The average molecular weight is 564 g/mol. The average Bonchev–Trinajstić information content (AvgIpc) is 3.50. The lowest BCUT2D eigenvalue weighted by Gasteiger charge is -2.24. The van der Waals surface area contributed by atoms with Gasteiger partial charge >= 0.3 is 0 Å². The van der Waals surface area contributed by atoms with Gasteiger partial charge in [-0.15, -0.1) is 0 Å². The molecule has 7 heteroatoms. The molecule has 1 aliphatic rings. The van der Waals surface area contributed by atoms with E-state index in [-0.39, 0.29) is 5.91 Å². The number of hydrogen-bond acceptors (Lipinski definition) is 5. The van der Waals surface area contributed by atoms with E-state index in [1.165, 1.54) is 22.0 Å². The van der Waals surface area contributed by atoms with Crippen LogP contribution in [0.25, 0.3) is 22.0 Å². The van der Waals surface area contributed by atoms with Gasteiger partial charge in [0.15, 0.2) is 0 Å². The lowest BCUT2D eigenvalue weighted by Crippen LogP contribution is -2.34. The fourth-order valence-corrected chi connectivity index (χ4v) is 5.99. The van der Waals surface area contributed by atoms with Crippen LogP contribution >= 0.6 is 0 Å². The van der Waals surface area contributed by atoms with E-state index in [0.717, 1.165) is 39.5 Å². The minimum absolute atomic E-state index is 0.134. The number of aryl methyl sites for hydroxylation is 4. The van der Waals surface area contributed by atoms with Crippen LogP contribution in [0.4, 0.5) is 0 Å². The van der Waals surface area contributed by atoms with Crippen molar-refractivity contribution < 1.29 is 18.8 Å². The normalized spacial score (nSPS) is 14.3. The number of hydrogen-bond donors (Lipinski definition) is 0. The third-order valence-electron chi connectivity index (χ3n) is 8.07. The van der Waals surface area contributed by atoms with Crippen LogP contribution < -0.4 is 4.74 Å². The molecule has 5 aromatic rings. The van der Waals surface area contributed by atoms with Gasteiger partial charge < -0.3 is 23.5 Å². The van der Waals surface area contributed by atoms with E-state index in [4.69, 9.17) is 14.0 Å². The fourth-order valence-electron chi connectivity index (χ4n) is 5.99. The van der Waals surface area contributed by atoms with Gasteiger partial charge in [0.1, 0.15) is 18.1 Å². The largest absolute Gasteiger partial charge is 0.491 e. The molecule has 0 fully saturated rings. The molecule has 1 amide bonds. The predicted molar refractivity (Wildman–Crippen MR) is 164 cm³/mol. The maximum absolute atomic E-state index is 13.5. The topological polar surface area (TPSA) is 69.7 Å². The summed E-state index contributed by atoms with van der Waals surface area (Å²) in [6.45, 7) is 6.34. The standard InChI is InChI=1S/C35H37N3O4/c1-24-35(25(2)42-36-24)28-11-13-33-30(21-28)20-26-7-6-8-27(19-26)22-38(15-16-40-17-18-41-33)34(39)14-12-29-23-37(3)32-10-5-4-9-31(29)32/h4-11,13,19,21,23H,12,14-18,20,22H2,1-3H3. The second kappa shape index (κ2) is 12.2. The number of rotatable bonds is 4. The molecule has 3 aromatic carbocycles. The number of para-hydroxylation sites is 1. The number of carbonyl (C=O) groups excluding carboxylic acids is 1. The monoisotopic (exact) mass is 563 g/mol. The zero-order chi connectivity index (χ0) is 29.1. The van der Waals surface area contributed by atoms with Crippen molar-refractivity contribution in [2.24, 2.45) is 7.05 Å². The summed E-state index contributed by atoms with van der Waals surface area (Å²) in [6, 6.07) is 23.1. The molecule has 7 nitrogen and oxygen atoms in total. The van der Waals surface area contributed by atoms with Gasteiger partial charge in [0, 0.05) is 55.6 Å². The van der Waals surface area contributed by atoms with Crippen LogP contribution in [0.15, 0.2) is 77.4 Å².